The number of nitrogens with zero attached hydrogens (tertiary/aromatic N) is 3. The highest BCUT2D eigenvalue weighted by Crippen LogP contribution is 2.38. The highest BCUT2D eigenvalue weighted by Gasteiger charge is 2.37. The molecule has 7 nitrogen and oxygen atoms in total. The van der Waals surface area contributed by atoms with Gasteiger partial charge in [0.2, 0.25) is 5.43 Å². The Hall–Kier alpha value is -4.07. The Morgan fingerprint density at radius 2 is 1.81 bits per heavy atom. The van der Waals surface area contributed by atoms with Gasteiger partial charge in [-0.1, -0.05) is 48.5 Å². The number of amides is 1. The van der Waals surface area contributed by atoms with Crippen LogP contribution in [0.3, 0.4) is 0 Å². The van der Waals surface area contributed by atoms with Gasteiger partial charge < -0.3 is 14.7 Å². The number of para-hydroxylation sites is 1. The fourth-order valence-corrected chi connectivity index (χ4v) is 4.18. The number of ether oxygens (including phenoxy) is 1. The van der Waals surface area contributed by atoms with Crippen molar-refractivity contribution in [2.75, 3.05) is 24.8 Å². The number of carbonyl (C=O) groups excluding carboxylic acids is 1. The number of fused-ring (bicyclic) bond motifs is 5. The highest BCUT2D eigenvalue weighted by atomic mass is 19.1. The van der Waals surface area contributed by atoms with E-state index in [1.54, 1.807) is 24.3 Å². The summed E-state index contributed by atoms with van der Waals surface area (Å²) in [6.45, 7) is 0.517. The molecule has 1 amide bonds. The van der Waals surface area contributed by atoms with Crippen LogP contribution in [0.1, 0.15) is 27.7 Å². The molecule has 0 spiro atoms. The molecule has 0 unspecified atom stereocenters. The van der Waals surface area contributed by atoms with Crippen molar-refractivity contribution >= 4 is 5.91 Å². The molecule has 3 heterocycles. The minimum absolute atomic E-state index is 0.114. The molecule has 2 aromatic carbocycles. The van der Waals surface area contributed by atoms with Crippen molar-refractivity contribution in [2.24, 2.45) is 0 Å². The van der Waals surface area contributed by atoms with Crippen molar-refractivity contribution in [3.63, 3.8) is 0 Å². The molecular formula is C24H20FN3O4. The molecule has 32 heavy (non-hydrogen) atoms. The summed E-state index contributed by atoms with van der Waals surface area (Å²) in [6.07, 6.45) is 4.91. The van der Waals surface area contributed by atoms with E-state index in [-0.39, 0.29) is 31.3 Å². The van der Waals surface area contributed by atoms with E-state index < -0.39 is 28.9 Å². The number of halogens is 1. The number of hydrogen-bond donors (Lipinski definition) is 1. The minimum atomic E-state index is -0.641. The van der Waals surface area contributed by atoms with Gasteiger partial charge in [-0.05, 0) is 17.7 Å². The first-order valence-corrected chi connectivity index (χ1v) is 10.2. The number of carbonyl (C=O) groups is 1. The van der Waals surface area contributed by atoms with E-state index in [1.807, 2.05) is 35.3 Å². The fourth-order valence-electron chi connectivity index (χ4n) is 4.18. The van der Waals surface area contributed by atoms with Crippen molar-refractivity contribution in [1.29, 1.82) is 0 Å². The summed E-state index contributed by atoms with van der Waals surface area (Å²) >= 11 is 0. The number of rotatable bonds is 1. The van der Waals surface area contributed by atoms with Gasteiger partial charge in [-0.15, -0.1) is 0 Å². The van der Waals surface area contributed by atoms with Crippen molar-refractivity contribution in [2.45, 2.75) is 6.04 Å². The lowest BCUT2D eigenvalue weighted by molar-refractivity contribution is 0.0701. The second-order valence-electron chi connectivity index (χ2n) is 7.58. The van der Waals surface area contributed by atoms with Crippen LogP contribution in [0.5, 0.6) is 11.5 Å². The quantitative estimate of drug-likeness (QED) is 0.598. The summed E-state index contributed by atoms with van der Waals surface area (Å²) in [5.41, 5.74) is 0.618. The Bertz CT molecular complexity index is 1270. The van der Waals surface area contributed by atoms with Gasteiger partial charge in [0.05, 0.1) is 0 Å². The van der Waals surface area contributed by atoms with Crippen LogP contribution < -0.4 is 15.2 Å². The first kappa shape index (κ1) is 19.9. The average Bonchev–Trinajstić information content (AvgIpc) is 2.83. The molecule has 8 heteroatoms. The second-order valence-corrected chi connectivity index (χ2v) is 7.58. The molecule has 2 aliphatic rings. The van der Waals surface area contributed by atoms with Gasteiger partial charge in [0, 0.05) is 24.4 Å². The zero-order chi connectivity index (χ0) is 22.2. The van der Waals surface area contributed by atoms with E-state index in [1.165, 1.54) is 27.9 Å². The van der Waals surface area contributed by atoms with Crippen LogP contribution in [-0.2, 0) is 0 Å². The van der Waals surface area contributed by atoms with Crippen LogP contribution in [0.25, 0.3) is 0 Å². The van der Waals surface area contributed by atoms with Crippen LogP contribution in [0.2, 0.25) is 0 Å². The molecule has 0 saturated heterocycles. The molecule has 2 bridgehead atoms. The molecule has 0 aliphatic carbocycles. The Kier molecular flexibility index (Phi) is 4.89. The monoisotopic (exact) mass is 433 g/mol. The molecule has 0 radical (unpaired) electrons. The summed E-state index contributed by atoms with van der Waals surface area (Å²) in [6, 6.07) is 14.8. The molecule has 0 fully saturated rings. The molecular weight excluding hydrogens is 413 g/mol. The van der Waals surface area contributed by atoms with Gasteiger partial charge in [-0.2, -0.15) is 0 Å². The molecule has 1 atom stereocenters. The van der Waals surface area contributed by atoms with Gasteiger partial charge in [0.25, 0.3) is 5.91 Å². The summed E-state index contributed by atoms with van der Waals surface area (Å²) in [4.78, 5) is 26.8. The fraction of sp³-hybridized carbons (Fsp3) is 0.167. The standard InChI is InChI=1S/C24H20FN3O4/c25-18-10-6-9-17-20(16-7-2-1-3-8-16)28-15-26(12-4-5-14-32-23(17)18)24(31)21-22(30)19(29)11-13-27(21)28/h1-11,13,20,30H,12,14-15H2/b5-4-/t20-/m1/s1. The summed E-state index contributed by atoms with van der Waals surface area (Å²) in [5.74, 6) is -1.46. The van der Waals surface area contributed by atoms with Crippen LogP contribution in [0, 0.1) is 5.82 Å². The van der Waals surface area contributed by atoms with Crippen LogP contribution in [0.4, 0.5) is 4.39 Å². The number of pyridine rings is 1. The molecule has 2 aliphatic heterocycles. The lowest BCUT2D eigenvalue weighted by Crippen LogP contribution is -2.55. The van der Waals surface area contributed by atoms with Gasteiger partial charge in [-0.3, -0.25) is 19.3 Å². The predicted molar refractivity (Wildman–Crippen MR) is 116 cm³/mol. The Balaban J connectivity index is 1.82. The minimum Gasteiger partial charge on any atom is -0.502 e. The third-order valence-electron chi connectivity index (χ3n) is 5.66. The molecule has 3 aromatic rings. The van der Waals surface area contributed by atoms with Crippen LogP contribution in [-0.4, -0.2) is 40.4 Å². The largest absolute Gasteiger partial charge is 0.502 e. The Morgan fingerprint density at radius 1 is 1.00 bits per heavy atom. The lowest BCUT2D eigenvalue weighted by atomic mass is 9.96. The van der Waals surface area contributed by atoms with Gasteiger partial charge in [-0.25, -0.2) is 4.39 Å². The lowest BCUT2D eigenvalue weighted by Gasteiger charge is -2.43. The van der Waals surface area contributed by atoms with Crippen LogP contribution >= 0.6 is 0 Å². The summed E-state index contributed by atoms with van der Waals surface area (Å²) in [7, 11) is 0. The zero-order valence-electron chi connectivity index (χ0n) is 17.0. The maximum atomic E-state index is 14.9. The van der Waals surface area contributed by atoms with E-state index in [9.17, 15) is 19.1 Å². The number of benzene rings is 2. The first-order chi connectivity index (χ1) is 15.6. The summed E-state index contributed by atoms with van der Waals surface area (Å²) in [5, 5.41) is 12.3. The van der Waals surface area contributed by atoms with E-state index in [4.69, 9.17) is 4.74 Å². The Labute approximate surface area is 183 Å². The number of aromatic nitrogens is 1. The first-order valence-electron chi connectivity index (χ1n) is 10.2. The zero-order valence-corrected chi connectivity index (χ0v) is 17.0. The van der Waals surface area contributed by atoms with Crippen molar-refractivity contribution in [3.05, 3.63) is 106 Å². The van der Waals surface area contributed by atoms with Crippen molar-refractivity contribution in [3.8, 4) is 11.5 Å². The van der Waals surface area contributed by atoms with Gasteiger partial charge >= 0.3 is 0 Å². The molecule has 162 valence electrons. The third kappa shape index (κ3) is 3.20. The molecule has 1 N–H and O–H groups in total. The molecule has 5 rings (SSSR count). The van der Waals surface area contributed by atoms with Crippen molar-refractivity contribution < 1.29 is 19.0 Å². The van der Waals surface area contributed by atoms with Gasteiger partial charge in [0.15, 0.2) is 23.0 Å². The number of aromatic hydroxyl groups is 1. The summed E-state index contributed by atoms with van der Waals surface area (Å²) < 4.78 is 22.2. The SMILES string of the molecule is O=C1c2c(O)c(=O)ccn2N2CN1C/C=C\COc1c(F)cccc1[C@H]2c1ccccc1. The smallest absolute Gasteiger partial charge is 0.278 e. The topological polar surface area (TPSA) is 75.0 Å². The van der Waals surface area contributed by atoms with Crippen molar-refractivity contribution in [1.82, 2.24) is 9.58 Å². The van der Waals surface area contributed by atoms with E-state index in [2.05, 4.69) is 0 Å². The van der Waals surface area contributed by atoms with E-state index in [0.29, 0.717) is 5.56 Å². The number of hydrogen-bond acceptors (Lipinski definition) is 5. The Morgan fingerprint density at radius 3 is 2.62 bits per heavy atom. The second kappa shape index (κ2) is 7.88. The average molecular weight is 433 g/mol. The van der Waals surface area contributed by atoms with E-state index in [0.717, 1.165) is 5.56 Å². The highest BCUT2D eigenvalue weighted by molar-refractivity contribution is 5.96. The maximum Gasteiger partial charge on any atom is 0.278 e. The maximum absolute atomic E-state index is 14.9. The van der Waals surface area contributed by atoms with Crippen LogP contribution in [0.15, 0.2) is 77.7 Å². The molecule has 1 aromatic heterocycles. The predicted octanol–water partition coefficient (Wildman–Crippen LogP) is 2.78. The van der Waals surface area contributed by atoms with E-state index >= 15 is 0 Å². The normalized spacial score (nSPS) is 18.8. The molecule has 0 saturated carbocycles. The van der Waals surface area contributed by atoms with Gasteiger partial charge in [0.1, 0.15) is 19.3 Å². The third-order valence-corrected chi connectivity index (χ3v) is 5.66.